The Kier molecular flexibility index (Phi) is 5.09. The van der Waals surface area contributed by atoms with E-state index in [4.69, 9.17) is 9.47 Å². The van der Waals surface area contributed by atoms with Crippen LogP contribution in [0.25, 0.3) is 0 Å². The van der Waals surface area contributed by atoms with Crippen LogP contribution in [-0.4, -0.2) is 36.8 Å². The molecule has 5 nitrogen and oxygen atoms in total. The fourth-order valence-corrected chi connectivity index (χ4v) is 2.32. The van der Waals surface area contributed by atoms with Gasteiger partial charge in [0.1, 0.15) is 0 Å². The molecule has 0 aromatic carbocycles. The third-order valence-electron chi connectivity index (χ3n) is 3.57. The summed E-state index contributed by atoms with van der Waals surface area (Å²) >= 11 is 0. The van der Waals surface area contributed by atoms with Crippen LogP contribution in [0.2, 0.25) is 0 Å². The summed E-state index contributed by atoms with van der Waals surface area (Å²) in [4.78, 5) is 16.6. The molecule has 2 atom stereocenters. The molecular weight excluding hydrogens is 256 g/mol. The number of esters is 1. The van der Waals surface area contributed by atoms with Gasteiger partial charge in [0.15, 0.2) is 5.54 Å². The highest BCUT2D eigenvalue weighted by molar-refractivity contribution is 5.81. The molecular formula is C15H22N2O3. The van der Waals surface area contributed by atoms with Gasteiger partial charge >= 0.3 is 5.97 Å². The summed E-state index contributed by atoms with van der Waals surface area (Å²) in [6, 6.07) is 5.53. The first-order valence-corrected chi connectivity index (χ1v) is 7.12. The number of hydrogen-bond donors (Lipinski definition) is 1. The van der Waals surface area contributed by atoms with Gasteiger partial charge < -0.3 is 9.47 Å². The van der Waals surface area contributed by atoms with Gasteiger partial charge in [-0.15, -0.1) is 0 Å². The maximum atomic E-state index is 12.3. The molecule has 1 fully saturated rings. The standard InChI is InChI=1S/C15H22N2O3/c1-3-19-14(18)15(2,13-8-4-5-9-16-13)17-11-12-7-6-10-20-12/h4-5,8-9,12,17H,3,6-7,10-11H2,1-2H3. The normalized spacial score (nSPS) is 21.4. The van der Waals surface area contributed by atoms with E-state index in [0.29, 0.717) is 18.8 Å². The summed E-state index contributed by atoms with van der Waals surface area (Å²) in [7, 11) is 0. The van der Waals surface area contributed by atoms with E-state index in [1.807, 2.05) is 25.1 Å². The second kappa shape index (κ2) is 6.81. The summed E-state index contributed by atoms with van der Waals surface area (Å²) in [5.74, 6) is -0.309. The lowest BCUT2D eigenvalue weighted by Crippen LogP contribution is -2.50. The zero-order valence-electron chi connectivity index (χ0n) is 12.1. The SMILES string of the molecule is CCOC(=O)C(C)(NCC1CCCO1)c1ccccn1. The van der Waals surface area contributed by atoms with Gasteiger partial charge in [-0.2, -0.15) is 0 Å². The second-order valence-corrected chi connectivity index (χ2v) is 5.08. The van der Waals surface area contributed by atoms with Crippen molar-refractivity contribution < 1.29 is 14.3 Å². The van der Waals surface area contributed by atoms with E-state index in [1.165, 1.54) is 0 Å². The second-order valence-electron chi connectivity index (χ2n) is 5.08. The van der Waals surface area contributed by atoms with Crippen LogP contribution >= 0.6 is 0 Å². The van der Waals surface area contributed by atoms with Gasteiger partial charge in [0.25, 0.3) is 0 Å². The van der Waals surface area contributed by atoms with Crippen LogP contribution in [0.5, 0.6) is 0 Å². The lowest BCUT2D eigenvalue weighted by molar-refractivity contribution is -0.151. The van der Waals surface area contributed by atoms with Gasteiger partial charge in [-0.05, 0) is 38.8 Å². The molecule has 110 valence electrons. The Morgan fingerprint density at radius 1 is 1.60 bits per heavy atom. The lowest BCUT2D eigenvalue weighted by atomic mass is 9.96. The van der Waals surface area contributed by atoms with Crippen molar-refractivity contribution in [3.05, 3.63) is 30.1 Å². The Balaban J connectivity index is 2.12. The highest BCUT2D eigenvalue weighted by Gasteiger charge is 2.38. The fourth-order valence-electron chi connectivity index (χ4n) is 2.32. The number of carbonyl (C=O) groups is 1. The summed E-state index contributed by atoms with van der Waals surface area (Å²) in [6.07, 6.45) is 3.94. The highest BCUT2D eigenvalue weighted by atomic mass is 16.5. The van der Waals surface area contributed by atoms with Gasteiger partial charge in [-0.25, -0.2) is 4.79 Å². The number of nitrogens with one attached hydrogen (secondary N) is 1. The van der Waals surface area contributed by atoms with Crippen LogP contribution in [0, 0.1) is 0 Å². The first-order valence-electron chi connectivity index (χ1n) is 7.12. The van der Waals surface area contributed by atoms with Crippen molar-refractivity contribution in [3.8, 4) is 0 Å². The van der Waals surface area contributed by atoms with E-state index >= 15 is 0 Å². The van der Waals surface area contributed by atoms with E-state index in [2.05, 4.69) is 10.3 Å². The Morgan fingerprint density at radius 2 is 2.45 bits per heavy atom. The highest BCUT2D eigenvalue weighted by Crippen LogP contribution is 2.21. The molecule has 0 bridgehead atoms. The van der Waals surface area contributed by atoms with Crippen LogP contribution in [0.15, 0.2) is 24.4 Å². The third kappa shape index (κ3) is 3.35. The quantitative estimate of drug-likeness (QED) is 0.801. The number of rotatable bonds is 6. The molecule has 1 aromatic rings. The first-order chi connectivity index (χ1) is 9.66. The number of ether oxygens (including phenoxy) is 2. The largest absolute Gasteiger partial charge is 0.464 e. The Bertz CT molecular complexity index is 432. The number of aromatic nitrogens is 1. The van der Waals surface area contributed by atoms with E-state index < -0.39 is 5.54 Å². The Hall–Kier alpha value is -1.46. The maximum Gasteiger partial charge on any atom is 0.332 e. The molecule has 1 aliphatic heterocycles. The summed E-state index contributed by atoms with van der Waals surface area (Å²) in [6.45, 7) is 5.37. The van der Waals surface area contributed by atoms with Gasteiger partial charge in [-0.3, -0.25) is 10.3 Å². The molecule has 1 N–H and O–H groups in total. The molecule has 1 saturated heterocycles. The molecule has 2 unspecified atom stereocenters. The third-order valence-corrected chi connectivity index (χ3v) is 3.57. The first kappa shape index (κ1) is 14.9. The summed E-state index contributed by atoms with van der Waals surface area (Å²) in [5, 5.41) is 3.28. The predicted molar refractivity (Wildman–Crippen MR) is 75.2 cm³/mol. The monoisotopic (exact) mass is 278 g/mol. The molecule has 5 heteroatoms. The molecule has 1 aromatic heterocycles. The van der Waals surface area contributed by atoms with E-state index in [-0.39, 0.29) is 12.1 Å². The average molecular weight is 278 g/mol. The maximum absolute atomic E-state index is 12.3. The summed E-state index contributed by atoms with van der Waals surface area (Å²) < 4.78 is 10.8. The lowest BCUT2D eigenvalue weighted by Gasteiger charge is -2.29. The number of pyridine rings is 1. The topological polar surface area (TPSA) is 60.5 Å². The molecule has 0 amide bonds. The Morgan fingerprint density at radius 3 is 3.05 bits per heavy atom. The van der Waals surface area contributed by atoms with E-state index in [1.54, 1.807) is 13.1 Å². The molecule has 0 saturated carbocycles. The van der Waals surface area contributed by atoms with Crippen molar-refractivity contribution >= 4 is 5.97 Å². The average Bonchev–Trinajstić information content (AvgIpc) is 2.99. The number of hydrogen-bond acceptors (Lipinski definition) is 5. The predicted octanol–water partition coefficient (Wildman–Crippen LogP) is 1.63. The van der Waals surface area contributed by atoms with Gasteiger partial charge in [0.05, 0.1) is 18.4 Å². The number of carbonyl (C=O) groups excluding carboxylic acids is 1. The van der Waals surface area contributed by atoms with Crippen molar-refractivity contribution in [3.63, 3.8) is 0 Å². The minimum Gasteiger partial charge on any atom is -0.464 e. The van der Waals surface area contributed by atoms with Gasteiger partial charge in [-0.1, -0.05) is 6.07 Å². The van der Waals surface area contributed by atoms with Crippen molar-refractivity contribution in [1.29, 1.82) is 0 Å². The molecule has 1 aliphatic rings. The van der Waals surface area contributed by atoms with Crippen molar-refractivity contribution in [2.45, 2.75) is 38.3 Å². The van der Waals surface area contributed by atoms with Gasteiger partial charge in [0.2, 0.25) is 0 Å². The zero-order valence-corrected chi connectivity index (χ0v) is 12.1. The van der Waals surface area contributed by atoms with Crippen molar-refractivity contribution in [2.75, 3.05) is 19.8 Å². The zero-order chi connectivity index (χ0) is 14.4. The van der Waals surface area contributed by atoms with Crippen molar-refractivity contribution in [1.82, 2.24) is 10.3 Å². The molecule has 0 aliphatic carbocycles. The van der Waals surface area contributed by atoms with Crippen LogP contribution in [-0.2, 0) is 19.8 Å². The van der Waals surface area contributed by atoms with Crippen molar-refractivity contribution in [2.24, 2.45) is 0 Å². The van der Waals surface area contributed by atoms with E-state index in [9.17, 15) is 4.79 Å². The minimum atomic E-state index is -0.941. The smallest absolute Gasteiger partial charge is 0.332 e. The summed E-state index contributed by atoms with van der Waals surface area (Å²) in [5.41, 5.74) is -0.278. The van der Waals surface area contributed by atoms with E-state index in [0.717, 1.165) is 19.4 Å². The molecule has 0 spiro atoms. The van der Waals surface area contributed by atoms with Crippen LogP contribution in [0.3, 0.4) is 0 Å². The van der Waals surface area contributed by atoms with Crippen LogP contribution in [0.1, 0.15) is 32.4 Å². The Labute approximate surface area is 119 Å². The molecule has 0 radical (unpaired) electrons. The molecule has 20 heavy (non-hydrogen) atoms. The van der Waals surface area contributed by atoms with Gasteiger partial charge in [0, 0.05) is 19.3 Å². The molecule has 2 heterocycles. The fraction of sp³-hybridized carbons (Fsp3) is 0.600. The molecule has 2 rings (SSSR count). The number of nitrogens with zero attached hydrogens (tertiary/aromatic N) is 1. The van der Waals surface area contributed by atoms with Crippen LogP contribution in [0.4, 0.5) is 0 Å². The van der Waals surface area contributed by atoms with Crippen LogP contribution < -0.4 is 5.32 Å². The minimum absolute atomic E-state index is 0.160.